The molecule has 0 saturated heterocycles. The van der Waals surface area contributed by atoms with Crippen LogP contribution in [0.2, 0.25) is 0 Å². The maximum Gasteiger partial charge on any atom is 0.135 e. The average Bonchev–Trinajstić information content (AvgIpc) is 3.68. The van der Waals surface area contributed by atoms with Gasteiger partial charge in [-0.1, -0.05) is 134 Å². The second-order valence-corrected chi connectivity index (χ2v) is 16.2. The van der Waals surface area contributed by atoms with Crippen molar-refractivity contribution in [2.45, 2.75) is 57.8 Å². The largest absolute Gasteiger partial charge is 0.456 e. The Morgan fingerprint density at radius 2 is 0.814 bits per heavy atom. The Morgan fingerprint density at radius 1 is 0.356 bits per heavy atom. The zero-order valence-electron chi connectivity index (χ0n) is 33.7. The van der Waals surface area contributed by atoms with Crippen LogP contribution in [0, 0.1) is 0 Å². The van der Waals surface area contributed by atoms with Crippen molar-refractivity contribution >= 4 is 50.1 Å². The quantitative estimate of drug-likeness (QED) is 0.161. The Morgan fingerprint density at radius 3 is 1.44 bits per heavy atom. The van der Waals surface area contributed by atoms with Crippen molar-refractivity contribution in [3.05, 3.63) is 210 Å². The summed E-state index contributed by atoms with van der Waals surface area (Å²) < 4.78 is 6.26. The first-order chi connectivity index (χ1) is 29.2. The predicted molar refractivity (Wildman–Crippen MR) is 250 cm³/mol. The van der Waals surface area contributed by atoms with E-state index in [0.717, 1.165) is 60.3 Å². The highest BCUT2D eigenvalue weighted by Crippen LogP contribution is 2.46. The normalized spacial score (nSPS) is 17.5. The summed E-state index contributed by atoms with van der Waals surface area (Å²) in [7, 11) is 0. The van der Waals surface area contributed by atoms with Gasteiger partial charge in [0.05, 0.1) is 0 Å². The van der Waals surface area contributed by atoms with E-state index < -0.39 is 0 Å². The van der Waals surface area contributed by atoms with Crippen LogP contribution >= 0.6 is 0 Å². The van der Waals surface area contributed by atoms with Gasteiger partial charge in [-0.15, -0.1) is 0 Å². The number of nitrogens with zero attached hydrogens (tertiary/aromatic N) is 1. The van der Waals surface area contributed by atoms with Crippen LogP contribution in [0.4, 0.5) is 17.1 Å². The van der Waals surface area contributed by atoms with Crippen LogP contribution in [0.15, 0.2) is 204 Å². The van der Waals surface area contributed by atoms with Crippen LogP contribution in [0.5, 0.6) is 0 Å². The molecule has 0 radical (unpaired) electrons. The van der Waals surface area contributed by atoms with Crippen molar-refractivity contribution in [3.8, 4) is 22.3 Å². The fourth-order valence-electron chi connectivity index (χ4n) is 9.52. The molecule has 7 aromatic carbocycles. The number of rotatable bonds is 7. The number of benzene rings is 7. The number of allylic oxidation sites excluding steroid dienone is 5. The Labute approximate surface area is 348 Å². The molecule has 0 amide bonds. The number of hydrogen-bond acceptors (Lipinski definition) is 2. The van der Waals surface area contributed by atoms with Crippen molar-refractivity contribution in [1.29, 1.82) is 0 Å². The molecule has 0 aliphatic heterocycles. The first kappa shape index (κ1) is 36.7. The maximum atomic E-state index is 6.26. The molecule has 1 aromatic heterocycles. The first-order valence-electron chi connectivity index (χ1n) is 21.4. The summed E-state index contributed by atoms with van der Waals surface area (Å²) in [5.74, 6) is 0. The molecule has 288 valence electrons. The van der Waals surface area contributed by atoms with Crippen LogP contribution in [-0.4, -0.2) is 0 Å². The number of fused-ring (bicyclic) bond motifs is 4. The third-order valence-electron chi connectivity index (χ3n) is 12.5. The molecule has 1 fully saturated rings. The van der Waals surface area contributed by atoms with E-state index in [1.165, 1.54) is 92.1 Å². The van der Waals surface area contributed by atoms with Gasteiger partial charge in [0.2, 0.25) is 0 Å². The fourth-order valence-corrected chi connectivity index (χ4v) is 9.52. The summed E-state index contributed by atoms with van der Waals surface area (Å²) in [6.07, 6.45) is 10.3. The SMILES string of the molecule is C=C1CCCCC/C(c2ccc3oc4ccccc4c3c2)=C2/CCCC/C2=C/1c1ccc(N(c2ccc(-c3ccccc3)cc2)c2ccc(-c3ccccc3)cc2)cc1. The monoisotopic (exact) mass is 763 g/mol. The summed E-state index contributed by atoms with van der Waals surface area (Å²) in [5, 5.41) is 2.40. The lowest BCUT2D eigenvalue weighted by Crippen LogP contribution is -2.10. The minimum absolute atomic E-state index is 0.954. The molecular formula is C57H49NO. The van der Waals surface area contributed by atoms with Gasteiger partial charge in [-0.3, -0.25) is 0 Å². The Hall–Kier alpha value is -6.64. The van der Waals surface area contributed by atoms with Crippen LogP contribution < -0.4 is 4.90 Å². The van der Waals surface area contributed by atoms with Gasteiger partial charge in [-0.2, -0.15) is 0 Å². The van der Waals surface area contributed by atoms with E-state index in [4.69, 9.17) is 11.0 Å². The zero-order valence-corrected chi connectivity index (χ0v) is 33.7. The van der Waals surface area contributed by atoms with E-state index in [1.807, 2.05) is 0 Å². The molecule has 0 N–H and O–H groups in total. The number of para-hydroxylation sites is 1. The minimum Gasteiger partial charge on any atom is -0.456 e. The van der Waals surface area contributed by atoms with E-state index >= 15 is 0 Å². The molecule has 2 aliphatic rings. The van der Waals surface area contributed by atoms with Gasteiger partial charge in [0.1, 0.15) is 11.2 Å². The second-order valence-electron chi connectivity index (χ2n) is 16.2. The maximum absolute atomic E-state index is 6.26. The van der Waals surface area contributed by atoms with Gasteiger partial charge in [0, 0.05) is 27.8 Å². The topological polar surface area (TPSA) is 16.4 Å². The molecule has 1 heterocycles. The highest BCUT2D eigenvalue weighted by atomic mass is 16.3. The molecule has 59 heavy (non-hydrogen) atoms. The fraction of sp³-hybridized carbons (Fsp3) is 0.158. The zero-order chi connectivity index (χ0) is 39.5. The Kier molecular flexibility index (Phi) is 10.1. The van der Waals surface area contributed by atoms with Gasteiger partial charge in [0.25, 0.3) is 0 Å². The molecule has 0 atom stereocenters. The lowest BCUT2D eigenvalue weighted by molar-refractivity contribution is 0.661. The molecule has 8 aromatic rings. The van der Waals surface area contributed by atoms with Gasteiger partial charge < -0.3 is 9.32 Å². The van der Waals surface area contributed by atoms with Crippen LogP contribution in [-0.2, 0) is 0 Å². The molecular weight excluding hydrogens is 715 g/mol. The van der Waals surface area contributed by atoms with Crippen molar-refractivity contribution in [2.75, 3.05) is 4.90 Å². The van der Waals surface area contributed by atoms with Gasteiger partial charge in [-0.05, 0) is 167 Å². The molecule has 10 rings (SSSR count). The van der Waals surface area contributed by atoms with E-state index in [0.29, 0.717) is 0 Å². The number of hydrogen-bond donors (Lipinski definition) is 0. The smallest absolute Gasteiger partial charge is 0.135 e. The predicted octanol–water partition coefficient (Wildman–Crippen LogP) is 16.7. The van der Waals surface area contributed by atoms with E-state index in [9.17, 15) is 0 Å². The standard InChI is InChI=1S/C57H49NO/c1-40-15-5-2-10-20-50(46-31-38-56-54(39-46)52-22-13-14-24-55(52)59-56)51-21-11-12-23-53(51)57(40)45-29-36-49(37-30-45)58(47-32-25-43(26-33-47)41-16-6-3-7-17-41)48-34-27-44(28-35-48)42-18-8-4-9-19-42/h3-4,6-9,13-14,16-19,22,24-39H,1-2,5,10-12,15,20-21,23H2/b51-50+,57-53+. The lowest BCUT2D eigenvalue weighted by Gasteiger charge is -2.29. The van der Waals surface area contributed by atoms with Gasteiger partial charge in [0.15, 0.2) is 0 Å². The molecule has 0 unspecified atom stereocenters. The molecule has 0 spiro atoms. The van der Waals surface area contributed by atoms with E-state index in [-0.39, 0.29) is 0 Å². The van der Waals surface area contributed by atoms with Crippen LogP contribution in [0.3, 0.4) is 0 Å². The molecule has 0 bridgehead atoms. The summed E-state index contributed by atoms with van der Waals surface area (Å²) in [4.78, 5) is 2.38. The van der Waals surface area contributed by atoms with E-state index in [1.54, 1.807) is 5.57 Å². The highest BCUT2D eigenvalue weighted by molar-refractivity contribution is 6.06. The summed E-state index contributed by atoms with van der Waals surface area (Å²) >= 11 is 0. The number of furan rings is 1. The second kappa shape index (κ2) is 16.3. The lowest BCUT2D eigenvalue weighted by atomic mass is 9.76. The molecule has 2 aliphatic carbocycles. The van der Waals surface area contributed by atoms with Crippen LogP contribution in [0.25, 0.3) is 55.3 Å². The third-order valence-corrected chi connectivity index (χ3v) is 12.5. The Balaban J connectivity index is 1.07. The summed E-state index contributed by atoms with van der Waals surface area (Å²) in [6, 6.07) is 63.9. The highest BCUT2D eigenvalue weighted by Gasteiger charge is 2.25. The van der Waals surface area contributed by atoms with Crippen molar-refractivity contribution in [3.63, 3.8) is 0 Å². The summed E-state index contributed by atoms with van der Waals surface area (Å²) in [6.45, 7) is 4.82. The molecule has 2 heteroatoms. The van der Waals surface area contributed by atoms with Gasteiger partial charge in [-0.25, -0.2) is 0 Å². The van der Waals surface area contributed by atoms with Crippen molar-refractivity contribution in [1.82, 2.24) is 0 Å². The summed E-state index contributed by atoms with van der Waals surface area (Å²) in [5.41, 5.74) is 20.0. The third kappa shape index (κ3) is 7.36. The first-order valence-corrected chi connectivity index (χ1v) is 21.4. The molecule has 1 saturated carbocycles. The number of anilines is 3. The minimum atomic E-state index is 0.954. The Bertz CT molecular complexity index is 2740. The van der Waals surface area contributed by atoms with Gasteiger partial charge >= 0.3 is 0 Å². The van der Waals surface area contributed by atoms with Crippen molar-refractivity contribution in [2.24, 2.45) is 0 Å². The van der Waals surface area contributed by atoms with E-state index in [2.05, 4.69) is 181 Å². The average molecular weight is 764 g/mol. The van der Waals surface area contributed by atoms with Crippen LogP contribution in [0.1, 0.15) is 68.9 Å². The van der Waals surface area contributed by atoms with Crippen molar-refractivity contribution < 1.29 is 4.42 Å². The molecule has 2 nitrogen and oxygen atoms in total.